The van der Waals surface area contributed by atoms with E-state index in [1.807, 2.05) is 24.4 Å². The van der Waals surface area contributed by atoms with Crippen LogP contribution in [0, 0.1) is 5.92 Å². The molecule has 2 aromatic rings. The lowest BCUT2D eigenvalue weighted by Gasteiger charge is -2.41. The number of thiazole rings is 1. The molecule has 5 heteroatoms. The van der Waals surface area contributed by atoms with Crippen LogP contribution in [0.2, 0.25) is 0 Å². The number of hydrogen-bond donors (Lipinski definition) is 1. The molecule has 1 fully saturated rings. The zero-order valence-corrected chi connectivity index (χ0v) is 14.9. The maximum absolute atomic E-state index is 11.9. The van der Waals surface area contributed by atoms with E-state index in [0.29, 0.717) is 0 Å². The first-order valence-corrected chi connectivity index (χ1v) is 8.66. The molecule has 0 aliphatic carbocycles. The number of amides is 1. The highest BCUT2D eigenvalue weighted by molar-refractivity contribution is 7.18. The van der Waals surface area contributed by atoms with Gasteiger partial charge in [-0.25, -0.2) is 4.98 Å². The predicted molar refractivity (Wildman–Crippen MR) is 95.5 cm³/mol. The van der Waals surface area contributed by atoms with Crippen molar-refractivity contribution in [1.82, 2.24) is 4.98 Å². The van der Waals surface area contributed by atoms with Crippen molar-refractivity contribution in [3.05, 3.63) is 36.5 Å². The predicted octanol–water partition coefficient (Wildman–Crippen LogP) is 3.68. The molecule has 1 unspecified atom stereocenters. The zero-order valence-electron chi connectivity index (χ0n) is 14.0. The zero-order chi connectivity index (χ0) is 16.8. The Morgan fingerprint density at radius 1 is 1.26 bits per heavy atom. The second-order valence-electron chi connectivity index (χ2n) is 7.33. The summed E-state index contributed by atoms with van der Waals surface area (Å²) >= 11 is 1.66. The largest absolute Gasteiger partial charge is 0.369 e. The lowest BCUT2D eigenvalue weighted by Crippen LogP contribution is -2.51. The van der Waals surface area contributed by atoms with E-state index < -0.39 is 0 Å². The van der Waals surface area contributed by atoms with Gasteiger partial charge in [0, 0.05) is 17.3 Å². The highest BCUT2D eigenvalue weighted by atomic mass is 32.1. The van der Waals surface area contributed by atoms with Crippen molar-refractivity contribution in [3.63, 3.8) is 0 Å². The van der Waals surface area contributed by atoms with Gasteiger partial charge in [0.25, 0.3) is 0 Å². The van der Waals surface area contributed by atoms with E-state index in [4.69, 9.17) is 5.73 Å². The quantitative estimate of drug-likeness (QED) is 0.934. The number of benzene rings is 1. The van der Waals surface area contributed by atoms with Crippen LogP contribution in [0.1, 0.15) is 34.1 Å². The Hall–Kier alpha value is -1.88. The van der Waals surface area contributed by atoms with Gasteiger partial charge in [0.2, 0.25) is 5.91 Å². The molecule has 1 amide bonds. The van der Waals surface area contributed by atoms with Crippen LogP contribution in [0.3, 0.4) is 0 Å². The van der Waals surface area contributed by atoms with Crippen LogP contribution in [-0.4, -0.2) is 22.0 Å². The number of carbonyl (C=O) groups is 1. The van der Waals surface area contributed by atoms with E-state index in [9.17, 15) is 4.79 Å². The van der Waals surface area contributed by atoms with E-state index in [1.165, 1.54) is 0 Å². The summed E-state index contributed by atoms with van der Waals surface area (Å²) in [4.78, 5) is 19.9. The van der Waals surface area contributed by atoms with Crippen LogP contribution < -0.4 is 10.6 Å². The minimum atomic E-state index is -0.346. The second-order valence-corrected chi connectivity index (χ2v) is 8.34. The summed E-state index contributed by atoms with van der Waals surface area (Å²) in [6, 6.07) is 10.2. The van der Waals surface area contributed by atoms with E-state index >= 15 is 0 Å². The summed E-state index contributed by atoms with van der Waals surface area (Å²) in [5.41, 5.74) is 6.31. The molecule has 122 valence electrons. The number of carbonyl (C=O) groups excluding carboxylic acids is 1. The Bertz CT molecular complexity index is 721. The molecular formula is C18H23N3OS. The molecule has 1 aliphatic heterocycles. The molecular weight excluding hydrogens is 306 g/mol. The summed E-state index contributed by atoms with van der Waals surface area (Å²) in [7, 11) is 0. The van der Waals surface area contributed by atoms with Crippen molar-refractivity contribution in [2.45, 2.75) is 45.2 Å². The van der Waals surface area contributed by atoms with Crippen molar-refractivity contribution in [2.24, 2.45) is 11.7 Å². The molecule has 0 radical (unpaired) electrons. The highest BCUT2D eigenvalue weighted by Gasteiger charge is 2.54. The van der Waals surface area contributed by atoms with Gasteiger partial charge in [-0.05, 0) is 39.7 Å². The van der Waals surface area contributed by atoms with E-state index in [-0.39, 0.29) is 22.9 Å². The summed E-state index contributed by atoms with van der Waals surface area (Å²) in [5.74, 6) is -0.410. The average molecular weight is 329 g/mol. The van der Waals surface area contributed by atoms with Gasteiger partial charge in [-0.2, -0.15) is 0 Å². The third-order valence-corrected chi connectivity index (χ3v) is 5.86. The van der Waals surface area contributed by atoms with Crippen molar-refractivity contribution in [2.75, 3.05) is 4.90 Å². The molecule has 3 rings (SSSR count). The molecule has 1 saturated heterocycles. The second kappa shape index (κ2) is 5.34. The molecule has 0 spiro atoms. The molecule has 2 heterocycles. The van der Waals surface area contributed by atoms with Crippen LogP contribution >= 0.6 is 11.3 Å². The lowest BCUT2D eigenvalue weighted by atomic mass is 9.86. The number of rotatable bonds is 3. The lowest BCUT2D eigenvalue weighted by molar-refractivity contribution is -0.122. The fourth-order valence-corrected chi connectivity index (χ4v) is 5.07. The van der Waals surface area contributed by atoms with Crippen LogP contribution in [0.5, 0.6) is 0 Å². The molecule has 0 bridgehead atoms. The van der Waals surface area contributed by atoms with Gasteiger partial charge in [0.1, 0.15) is 0 Å². The molecule has 2 N–H and O–H groups in total. The van der Waals surface area contributed by atoms with Gasteiger partial charge in [-0.1, -0.05) is 41.7 Å². The molecule has 4 nitrogen and oxygen atoms in total. The maximum atomic E-state index is 11.9. The summed E-state index contributed by atoms with van der Waals surface area (Å²) in [6.45, 7) is 8.48. The summed E-state index contributed by atoms with van der Waals surface area (Å²) in [6.07, 6.45) is 2.66. The highest BCUT2D eigenvalue weighted by Crippen LogP contribution is 2.49. The van der Waals surface area contributed by atoms with E-state index in [0.717, 1.165) is 22.0 Å². The third kappa shape index (κ3) is 2.63. The van der Waals surface area contributed by atoms with Crippen LogP contribution in [-0.2, 0) is 4.79 Å². The van der Waals surface area contributed by atoms with Gasteiger partial charge >= 0.3 is 0 Å². The Morgan fingerprint density at radius 2 is 1.91 bits per heavy atom. The topological polar surface area (TPSA) is 59.2 Å². The maximum Gasteiger partial charge on any atom is 0.222 e. The van der Waals surface area contributed by atoms with Crippen LogP contribution in [0.25, 0.3) is 10.4 Å². The number of nitrogens with zero attached hydrogens (tertiary/aromatic N) is 2. The Balaban J connectivity index is 2.01. The number of nitrogens with two attached hydrogens (primary N) is 1. The fourth-order valence-electron chi connectivity index (χ4n) is 3.83. The third-order valence-electron chi connectivity index (χ3n) is 4.82. The van der Waals surface area contributed by atoms with Crippen molar-refractivity contribution >= 4 is 22.4 Å². The SMILES string of the molecule is CC1(C)CC(C(N)=O)C(C)(C)N1c1ncc(-c2ccccc2)s1. The first kappa shape index (κ1) is 16.0. The average Bonchev–Trinajstić information content (AvgIpc) is 3.00. The monoisotopic (exact) mass is 329 g/mol. The normalized spacial score (nSPS) is 22.3. The van der Waals surface area contributed by atoms with Gasteiger partial charge in [-0.3, -0.25) is 4.79 Å². The summed E-state index contributed by atoms with van der Waals surface area (Å²) in [5, 5.41) is 0.947. The van der Waals surface area contributed by atoms with Gasteiger partial charge in [0.05, 0.1) is 10.8 Å². The van der Waals surface area contributed by atoms with Crippen molar-refractivity contribution in [3.8, 4) is 10.4 Å². The Morgan fingerprint density at radius 3 is 2.48 bits per heavy atom. The van der Waals surface area contributed by atoms with E-state index in [2.05, 4.69) is 49.7 Å². The number of hydrogen-bond acceptors (Lipinski definition) is 4. The Kier molecular flexibility index (Phi) is 3.71. The first-order valence-electron chi connectivity index (χ1n) is 7.84. The Labute approximate surface area is 141 Å². The molecule has 1 aromatic carbocycles. The molecule has 0 saturated carbocycles. The molecule has 1 atom stereocenters. The number of anilines is 1. The summed E-state index contributed by atoms with van der Waals surface area (Å²) < 4.78 is 0. The smallest absolute Gasteiger partial charge is 0.222 e. The standard InChI is InChI=1S/C18H23N3OS/c1-17(2)10-13(15(19)22)18(3,4)21(17)16-20-11-14(23-16)12-8-6-5-7-9-12/h5-9,11,13H,10H2,1-4H3,(H2,19,22). The molecule has 23 heavy (non-hydrogen) atoms. The molecule has 1 aliphatic rings. The first-order chi connectivity index (χ1) is 10.7. The number of primary amides is 1. The minimum Gasteiger partial charge on any atom is -0.369 e. The van der Waals surface area contributed by atoms with E-state index in [1.54, 1.807) is 11.3 Å². The van der Waals surface area contributed by atoms with Crippen LogP contribution in [0.15, 0.2) is 36.5 Å². The van der Waals surface area contributed by atoms with Gasteiger partial charge < -0.3 is 10.6 Å². The fraction of sp³-hybridized carbons (Fsp3) is 0.444. The number of aromatic nitrogens is 1. The van der Waals surface area contributed by atoms with Gasteiger partial charge in [-0.15, -0.1) is 0 Å². The molecule has 1 aromatic heterocycles. The van der Waals surface area contributed by atoms with Gasteiger partial charge in [0.15, 0.2) is 5.13 Å². The van der Waals surface area contributed by atoms with Crippen molar-refractivity contribution in [1.29, 1.82) is 0 Å². The van der Waals surface area contributed by atoms with Crippen LogP contribution in [0.4, 0.5) is 5.13 Å². The van der Waals surface area contributed by atoms with Crippen molar-refractivity contribution < 1.29 is 4.79 Å². The minimum absolute atomic E-state index is 0.158.